The number of carbonyl (C=O) groups is 1. The van der Waals surface area contributed by atoms with Gasteiger partial charge in [0, 0.05) is 4.88 Å². The largest absolute Gasteiger partial charge is 0.465 e. The summed E-state index contributed by atoms with van der Waals surface area (Å²) in [6, 6.07) is 3.17. The SMILES string of the molecule is COC(=O)c1c(NC(=S)Nc2ccc(F)cc2[N+](=O)[O-])sc2c1CCCCCC2. The van der Waals surface area contributed by atoms with Gasteiger partial charge in [0.25, 0.3) is 5.69 Å². The van der Waals surface area contributed by atoms with Gasteiger partial charge >= 0.3 is 5.97 Å². The van der Waals surface area contributed by atoms with Gasteiger partial charge in [-0.2, -0.15) is 0 Å². The van der Waals surface area contributed by atoms with E-state index in [0.717, 1.165) is 61.1 Å². The molecule has 0 fully saturated rings. The normalized spacial score (nSPS) is 13.6. The number of aryl methyl sites for hydroxylation is 1. The number of nitro groups is 1. The van der Waals surface area contributed by atoms with E-state index in [2.05, 4.69) is 10.6 Å². The van der Waals surface area contributed by atoms with Gasteiger partial charge in [0.2, 0.25) is 0 Å². The summed E-state index contributed by atoms with van der Waals surface area (Å²) in [6.45, 7) is 0. The molecule has 0 unspecified atom stereocenters. The number of nitrogens with zero attached hydrogens (tertiary/aromatic N) is 1. The van der Waals surface area contributed by atoms with Crippen molar-refractivity contribution in [3.05, 3.63) is 50.1 Å². The number of hydrogen-bond acceptors (Lipinski definition) is 6. The smallest absolute Gasteiger partial charge is 0.341 e. The number of carbonyl (C=O) groups excluding carboxylic acids is 1. The number of ether oxygens (including phenoxy) is 1. The van der Waals surface area contributed by atoms with Crippen LogP contribution in [0.3, 0.4) is 0 Å². The average molecular weight is 438 g/mol. The van der Waals surface area contributed by atoms with Crippen LogP contribution in [-0.4, -0.2) is 23.1 Å². The highest BCUT2D eigenvalue weighted by molar-refractivity contribution is 7.80. The number of thiophene rings is 1. The molecule has 1 aliphatic rings. The third kappa shape index (κ3) is 4.88. The molecule has 2 N–H and O–H groups in total. The van der Waals surface area contributed by atoms with E-state index in [9.17, 15) is 19.3 Å². The molecule has 10 heteroatoms. The molecule has 7 nitrogen and oxygen atoms in total. The molecule has 0 atom stereocenters. The standard InChI is InChI=1S/C19H20FN3O4S2/c1-27-18(24)16-12-6-4-2-3-5-7-15(12)29-17(16)22-19(28)21-13-9-8-11(20)10-14(13)23(25)26/h8-10H,2-7H2,1H3,(H2,21,22,28). The summed E-state index contributed by atoms with van der Waals surface area (Å²) in [6.07, 6.45) is 6.00. The zero-order valence-electron chi connectivity index (χ0n) is 15.7. The van der Waals surface area contributed by atoms with Crippen molar-refractivity contribution in [2.24, 2.45) is 0 Å². The zero-order chi connectivity index (χ0) is 21.0. The lowest BCUT2D eigenvalue weighted by atomic mass is 9.96. The molecule has 0 bridgehead atoms. The molecular weight excluding hydrogens is 417 g/mol. The van der Waals surface area contributed by atoms with Crippen molar-refractivity contribution < 1.29 is 18.8 Å². The predicted molar refractivity (Wildman–Crippen MR) is 114 cm³/mol. The topological polar surface area (TPSA) is 93.5 Å². The van der Waals surface area contributed by atoms with Crippen molar-refractivity contribution in [3.8, 4) is 0 Å². The Morgan fingerprint density at radius 3 is 2.66 bits per heavy atom. The summed E-state index contributed by atoms with van der Waals surface area (Å²) in [5, 5.41) is 17.5. The lowest BCUT2D eigenvalue weighted by molar-refractivity contribution is -0.384. The Bertz CT molecular complexity index is 961. The first kappa shape index (κ1) is 21.1. The Morgan fingerprint density at radius 2 is 1.97 bits per heavy atom. The summed E-state index contributed by atoms with van der Waals surface area (Å²) in [7, 11) is 1.33. The summed E-state index contributed by atoms with van der Waals surface area (Å²) < 4.78 is 18.3. The molecule has 0 radical (unpaired) electrons. The van der Waals surface area contributed by atoms with E-state index in [1.807, 2.05) is 0 Å². The quantitative estimate of drug-likeness (QED) is 0.299. The Labute approximate surface area is 176 Å². The maximum absolute atomic E-state index is 13.3. The van der Waals surface area contributed by atoms with Crippen molar-refractivity contribution in [2.75, 3.05) is 17.7 Å². The number of rotatable bonds is 4. The molecule has 0 saturated heterocycles. The van der Waals surface area contributed by atoms with E-state index in [1.54, 1.807) is 0 Å². The van der Waals surface area contributed by atoms with Crippen LogP contribution in [-0.2, 0) is 17.6 Å². The molecule has 2 aromatic rings. The second-order valence-corrected chi connectivity index (χ2v) is 8.12. The van der Waals surface area contributed by atoms with Crippen LogP contribution in [0.15, 0.2) is 18.2 Å². The molecule has 0 amide bonds. The molecule has 1 aromatic heterocycles. The van der Waals surface area contributed by atoms with E-state index in [-0.39, 0.29) is 10.8 Å². The number of fused-ring (bicyclic) bond motifs is 1. The molecule has 154 valence electrons. The first-order valence-corrected chi connectivity index (χ1v) is 10.4. The Kier molecular flexibility index (Phi) is 6.75. The van der Waals surface area contributed by atoms with E-state index in [0.29, 0.717) is 10.6 Å². The molecule has 0 saturated carbocycles. The average Bonchev–Trinajstić information content (AvgIpc) is 2.98. The van der Waals surface area contributed by atoms with E-state index in [4.69, 9.17) is 17.0 Å². The lowest BCUT2D eigenvalue weighted by Gasteiger charge is -2.12. The third-order valence-electron chi connectivity index (χ3n) is 4.69. The predicted octanol–water partition coefficient (Wildman–Crippen LogP) is 5.05. The zero-order valence-corrected chi connectivity index (χ0v) is 17.4. The van der Waals surface area contributed by atoms with Crippen LogP contribution in [0, 0.1) is 15.9 Å². The van der Waals surface area contributed by atoms with Gasteiger partial charge in [0.1, 0.15) is 16.5 Å². The lowest BCUT2D eigenvalue weighted by Crippen LogP contribution is -2.21. The fourth-order valence-corrected chi connectivity index (χ4v) is 4.90. The van der Waals surface area contributed by atoms with Gasteiger partial charge in [-0.1, -0.05) is 12.8 Å². The minimum absolute atomic E-state index is 0.0587. The van der Waals surface area contributed by atoms with Crippen LogP contribution in [0.1, 0.15) is 46.5 Å². The second-order valence-electron chi connectivity index (χ2n) is 6.61. The number of nitro benzene ring substituents is 1. The molecule has 3 rings (SSSR count). The number of esters is 1. The van der Waals surface area contributed by atoms with E-state index >= 15 is 0 Å². The van der Waals surface area contributed by atoms with Crippen LogP contribution >= 0.6 is 23.6 Å². The van der Waals surface area contributed by atoms with Crippen LogP contribution in [0.4, 0.5) is 20.8 Å². The molecule has 0 aliphatic heterocycles. The van der Waals surface area contributed by atoms with Gasteiger partial charge in [-0.15, -0.1) is 11.3 Å². The van der Waals surface area contributed by atoms with Crippen LogP contribution in [0.5, 0.6) is 0 Å². The molecule has 29 heavy (non-hydrogen) atoms. The highest BCUT2D eigenvalue weighted by atomic mass is 32.1. The number of hydrogen-bond donors (Lipinski definition) is 2. The fourth-order valence-electron chi connectivity index (χ4n) is 3.34. The van der Waals surface area contributed by atoms with Crippen molar-refractivity contribution >= 4 is 51.0 Å². The summed E-state index contributed by atoms with van der Waals surface area (Å²) >= 11 is 6.74. The molecule has 1 heterocycles. The number of methoxy groups -OCH3 is 1. The monoisotopic (exact) mass is 437 g/mol. The summed E-state index contributed by atoms with van der Waals surface area (Å²) in [5.41, 5.74) is 1.08. The highest BCUT2D eigenvalue weighted by Crippen LogP contribution is 2.37. The van der Waals surface area contributed by atoms with Gasteiger partial charge in [-0.05, 0) is 55.6 Å². The number of benzene rings is 1. The maximum Gasteiger partial charge on any atom is 0.341 e. The third-order valence-corrected chi connectivity index (χ3v) is 6.10. The first-order chi connectivity index (χ1) is 13.9. The van der Waals surface area contributed by atoms with E-state index < -0.39 is 22.4 Å². The molecule has 1 aromatic carbocycles. The minimum atomic E-state index is -0.716. The van der Waals surface area contributed by atoms with Crippen LogP contribution in [0.2, 0.25) is 0 Å². The maximum atomic E-state index is 13.3. The first-order valence-electron chi connectivity index (χ1n) is 9.15. The Hall–Kier alpha value is -2.59. The van der Waals surface area contributed by atoms with Gasteiger partial charge in [-0.25, -0.2) is 9.18 Å². The van der Waals surface area contributed by atoms with Gasteiger partial charge < -0.3 is 15.4 Å². The Morgan fingerprint density at radius 1 is 1.24 bits per heavy atom. The fraction of sp³-hybridized carbons (Fsp3) is 0.368. The van der Waals surface area contributed by atoms with Crippen LogP contribution in [0.25, 0.3) is 0 Å². The summed E-state index contributed by atoms with van der Waals surface area (Å²) in [5.74, 6) is -1.16. The number of halogens is 1. The van der Waals surface area contributed by atoms with Gasteiger partial charge in [-0.3, -0.25) is 10.1 Å². The van der Waals surface area contributed by atoms with E-state index in [1.165, 1.54) is 24.5 Å². The number of thiocarbonyl (C=S) groups is 1. The van der Waals surface area contributed by atoms with Crippen molar-refractivity contribution in [1.29, 1.82) is 0 Å². The highest BCUT2D eigenvalue weighted by Gasteiger charge is 2.26. The number of anilines is 2. The van der Waals surface area contributed by atoms with Crippen molar-refractivity contribution in [3.63, 3.8) is 0 Å². The minimum Gasteiger partial charge on any atom is -0.465 e. The molecule has 0 spiro atoms. The molecular formula is C19H20FN3O4S2. The Balaban J connectivity index is 1.88. The summed E-state index contributed by atoms with van der Waals surface area (Å²) in [4.78, 5) is 24.0. The second kappa shape index (κ2) is 9.27. The van der Waals surface area contributed by atoms with Crippen molar-refractivity contribution in [2.45, 2.75) is 38.5 Å². The molecule has 1 aliphatic carbocycles. The van der Waals surface area contributed by atoms with Crippen LogP contribution < -0.4 is 10.6 Å². The van der Waals surface area contributed by atoms with Gasteiger partial charge in [0.15, 0.2) is 5.11 Å². The van der Waals surface area contributed by atoms with Crippen molar-refractivity contribution in [1.82, 2.24) is 0 Å². The van der Waals surface area contributed by atoms with Gasteiger partial charge in [0.05, 0.1) is 23.7 Å². The number of nitrogens with one attached hydrogen (secondary N) is 2.